The van der Waals surface area contributed by atoms with E-state index in [2.05, 4.69) is 10.6 Å². The van der Waals surface area contributed by atoms with Crippen LogP contribution in [0.3, 0.4) is 0 Å². The maximum absolute atomic E-state index is 11.8. The zero-order valence-electron chi connectivity index (χ0n) is 13.6. The Bertz CT molecular complexity index is 517. The number of rotatable bonds is 3. The molecule has 0 bridgehead atoms. The SMILES string of the molecule is CC(C)(C)OC(=O)Nc1cc(CC2CCCNC2)ccc1O. The molecule has 0 aromatic heterocycles. The van der Waals surface area contributed by atoms with Gasteiger partial charge in [-0.25, -0.2) is 4.79 Å². The fourth-order valence-corrected chi connectivity index (χ4v) is 2.66. The van der Waals surface area contributed by atoms with Gasteiger partial charge in [0.15, 0.2) is 0 Å². The summed E-state index contributed by atoms with van der Waals surface area (Å²) in [5, 5.41) is 15.9. The minimum Gasteiger partial charge on any atom is -0.506 e. The van der Waals surface area contributed by atoms with Crippen LogP contribution < -0.4 is 10.6 Å². The average Bonchev–Trinajstić information content (AvgIpc) is 2.41. The van der Waals surface area contributed by atoms with Crippen molar-refractivity contribution in [1.82, 2.24) is 5.32 Å². The van der Waals surface area contributed by atoms with Crippen molar-refractivity contribution in [1.29, 1.82) is 0 Å². The van der Waals surface area contributed by atoms with Crippen LogP contribution in [0.1, 0.15) is 39.2 Å². The van der Waals surface area contributed by atoms with Gasteiger partial charge in [0.1, 0.15) is 11.4 Å². The third kappa shape index (κ3) is 5.22. The van der Waals surface area contributed by atoms with Crippen molar-refractivity contribution in [3.05, 3.63) is 23.8 Å². The zero-order chi connectivity index (χ0) is 16.2. The number of hydrogen-bond donors (Lipinski definition) is 3. The highest BCUT2D eigenvalue weighted by atomic mass is 16.6. The van der Waals surface area contributed by atoms with Crippen LogP contribution in [-0.4, -0.2) is 29.9 Å². The second kappa shape index (κ2) is 7.01. The number of amides is 1. The molecule has 1 aromatic carbocycles. The topological polar surface area (TPSA) is 70.6 Å². The largest absolute Gasteiger partial charge is 0.506 e. The van der Waals surface area contributed by atoms with Gasteiger partial charge >= 0.3 is 6.09 Å². The Balaban J connectivity index is 2.01. The third-order valence-electron chi connectivity index (χ3n) is 3.62. The molecule has 5 heteroatoms. The van der Waals surface area contributed by atoms with Crippen molar-refractivity contribution in [3.8, 4) is 5.75 Å². The second-order valence-electron chi connectivity index (χ2n) is 6.89. The molecule has 1 atom stereocenters. The lowest BCUT2D eigenvalue weighted by Crippen LogP contribution is -2.30. The number of anilines is 1. The summed E-state index contributed by atoms with van der Waals surface area (Å²) in [6, 6.07) is 5.36. The van der Waals surface area contributed by atoms with E-state index in [4.69, 9.17) is 4.74 Å². The lowest BCUT2D eigenvalue weighted by molar-refractivity contribution is 0.0635. The molecule has 0 aliphatic carbocycles. The molecule has 3 N–H and O–H groups in total. The van der Waals surface area contributed by atoms with Crippen molar-refractivity contribution in [2.45, 2.75) is 45.6 Å². The van der Waals surface area contributed by atoms with Gasteiger partial charge in [-0.15, -0.1) is 0 Å². The van der Waals surface area contributed by atoms with Crippen molar-refractivity contribution in [2.24, 2.45) is 5.92 Å². The molecule has 1 fully saturated rings. The van der Waals surface area contributed by atoms with E-state index in [1.54, 1.807) is 26.8 Å². The number of nitrogens with one attached hydrogen (secondary N) is 2. The van der Waals surface area contributed by atoms with Crippen LogP contribution in [0.2, 0.25) is 0 Å². The van der Waals surface area contributed by atoms with E-state index in [1.165, 1.54) is 12.8 Å². The highest BCUT2D eigenvalue weighted by Gasteiger charge is 2.18. The van der Waals surface area contributed by atoms with Crippen LogP contribution in [-0.2, 0) is 11.2 Å². The van der Waals surface area contributed by atoms with Gasteiger partial charge in [-0.1, -0.05) is 6.07 Å². The van der Waals surface area contributed by atoms with Gasteiger partial charge in [-0.05, 0) is 76.7 Å². The maximum Gasteiger partial charge on any atom is 0.412 e. The Morgan fingerprint density at radius 2 is 2.23 bits per heavy atom. The number of phenolic OH excluding ortho intramolecular Hbond substituents is 1. The standard InChI is InChI=1S/C17H26N2O3/c1-17(2,3)22-16(21)19-14-10-12(6-7-15(14)20)9-13-5-4-8-18-11-13/h6-7,10,13,18,20H,4-5,8-9,11H2,1-3H3,(H,19,21). The predicted molar refractivity (Wildman–Crippen MR) is 87.3 cm³/mol. The summed E-state index contributed by atoms with van der Waals surface area (Å²) in [5.74, 6) is 0.657. The fraction of sp³-hybridized carbons (Fsp3) is 0.588. The summed E-state index contributed by atoms with van der Waals surface area (Å²) in [5.41, 5.74) is 0.943. The highest BCUT2D eigenvalue weighted by molar-refractivity contribution is 5.87. The number of carbonyl (C=O) groups excluding carboxylic acids is 1. The number of piperidine rings is 1. The Labute approximate surface area is 132 Å². The van der Waals surface area contributed by atoms with Crippen molar-refractivity contribution < 1.29 is 14.6 Å². The zero-order valence-corrected chi connectivity index (χ0v) is 13.6. The van der Waals surface area contributed by atoms with Crippen LogP contribution in [0.15, 0.2) is 18.2 Å². The monoisotopic (exact) mass is 306 g/mol. The number of benzene rings is 1. The molecule has 22 heavy (non-hydrogen) atoms. The smallest absolute Gasteiger partial charge is 0.412 e. The number of ether oxygens (including phenoxy) is 1. The predicted octanol–water partition coefficient (Wildman–Crippen LogP) is 3.28. The number of phenols is 1. The number of hydrogen-bond acceptors (Lipinski definition) is 4. The summed E-state index contributed by atoms with van der Waals surface area (Å²) in [4.78, 5) is 11.8. The minimum atomic E-state index is -0.564. The molecule has 1 amide bonds. The quantitative estimate of drug-likeness (QED) is 0.750. The molecular formula is C17H26N2O3. The van der Waals surface area contributed by atoms with Crippen LogP contribution in [0.4, 0.5) is 10.5 Å². The Kier molecular flexibility index (Phi) is 5.29. The van der Waals surface area contributed by atoms with E-state index >= 15 is 0 Å². The van der Waals surface area contributed by atoms with Gasteiger partial charge in [-0.3, -0.25) is 5.32 Å². The summed E-state index contributed by atoms with van der Waals surface area (Å²) >= 11 is 0. The van der Waals surface area contributed by atoms with E-state index in [0.717, 1.165) is 25.1 Å². The lowest BCUT2D eigenvalue weighted by Gasteiger charge is -2.23. The summed E-state index contributed by atoms with van der Waals surface area (Å²) in [7, 11) is 0. The molecule has 1 aromatic rings. The molecule has 2 rings (SSSR count). The number of aromatic hydroxyl groups is 1. The second-order valence-corrected chi connectivity index (χ2v) is 6.89. The van der Waals surface area contributed by atoms with Gasteiger partial charge in [0, 0.05) is 0 Å². The highest BCUT2D eigenvalue weighted by Crippen LogP contribution is 2.27. The molecule has 0 radical (unpaired) electrons. The first-order valence-electron chi connectivity index (χ1n) is 7.86. The Morgan fingerprint density at radius 1 is 1.45 bits per heavy atom. The van der Waals surface area contributed by atoms with E-state index < -0.39 is 11.7 Å². The summed E-state index contributed by atoms with van der Waals surface area (Å²) in [6.07, 6.45) is 2.80. The molecule has 0 spiro atoms. The molecular weight excluding hydrogens is 280 g/mol. The van der Waals surface area contributed by atoms with Gasteiger partial charge < -0.3 is 15.2 Å². The van der Waals surface area contributed by atoms with Gasteiger partial charge in [0.05, 0.1) is 5.69 Å². The van der Waals surface area contributed by atoms with Crippen LogP contribution in [0, 0.1) is 5.92 Å². The van der Waals surface area contributed by atoms with E-state index in [-0.39, 0.29) is 5.75 Å². The molecule has 1 unspecified atom stereocenters. The first kappa shape index (κ1) is 16.6. The van der Waals surface area contributed by atoms with Crippen LogP contribution in [0.5, 0.6) is 5.75 Å². The van der Waals surface area contributed by atoms with Gasteiger partial charge in [0.2, 0.25) is 0 Å². The van der Waals surface area contributed by atoms with Gasteiger partial charge in [-0.2, -0.15) is 0 Å². The number of carbonyl (C=O) groups is 1. The van der Waals surface area contributed by atoms with Gasteiger partial charge in [0.25, 0.3) is 0 Å². The average molecular weight is 306 g/mol. The molecule has 1 saturated heterocycles. The molecule has 1 aliphatic rings. The maximum atomic E-state index is 11.8. The molecule has 1 heterocycles. The summed E-state index contributed by atoms with van der Waals surface area (Å²) < 4.78 is 5.22. The van der Waals surface area contributed by atoms with E-state index in [1.807, 2.05) is 12.1 Å². The first-order chi connectivity index (χ1) is 10.3. The minimum absolute atomic E-state index is 0.0522. The lowest BCUT2D eigenvalue weighted by atomic mass is 9.92. The van der Waals surface area contributed by atoms with E-state index in [9.17, 15) is 9.90 Å². The molecule has 0 saturated carbocycles. The van der Waals surface area contributed by atoms with Crippen LogP contribution in [0.25, 0.3) is 0 Å². The Morgan fingerprint density at radius 3 is 2.86 bits per heavy atom. The van der Waals surface area contributed by atoms with E-state index in [0.29, 0.717) is 11.6 Å². The van der Waals surface area contributed by atoms with Crippen molar-refractivity contribution >= 4 is 11.8 Å². The van der Waals surface area contributed by atoms with Crippen molar-refractivity contribution in [2.75, 3.05) is 18.4 Å². The molecule has 1 aliphatic heterocycles. The third-order valence-corrected chi connectivity index (χ3v) is 3.62. The normalized spacial score (nSPS) is 18.8. The first-order valence-corrected chi connectivity index (χ1v) is 7.86. The van der Waals surface area contributed by atoms with Crippen molar-refractivity contribution in [3.63, 3.8) is 0 Å². The summed E-state index contributed by atoms with van der Waals surface area (Å²) in [6.45, 7) is 7.53. The molecule has 122 valence electrons. The molecule has 5 nitrogen and oxygen atoms in total. The fourth-order valence-electron chi connectivity index (χ4n) is 2.66. The van der Waals surface area contributed by atoms with Crippen LogP contribution >= 0.6 is 0 Å². The Hall–Kier alpha value is -1.75.